The van der Waals surface area contributed by atoms with Crippen LogP contribution in [0.2, 0.25) is 0 Å². The number of aryl methyl sites for hydroxylation is 1. The summed E-state index contributed by atoms with van der Waals surface area (Å²) in [5.41, 5.74) is 3.88. The third kappa shape index (κ3) is 1.57. The summed E-state index contributed by atoms with van der Waals surface area (Å²) in [5, 5.41) is 7.90. The van der Waals surface area contributed by atoms with E-state index in [1.807, 2.05) is 7.05 Å². The Labute approximate surface area is 91.1 Å². The van der Waals surface area contributed by atoms with Gasteiger partial charge in [-0.05, 0) is 34.2 Å². The van der Waals surface area contributed by atoms with Crippen LogP contribution in [0.5, 0.6) is 0 Å². The zero-order chi connectivity index (χ0) is 10.3. The Hall–Kier alpha value is -0.460. The van der Waals surface area contributed by atoms with Crippen LogP contribution in [-0.4, -0.2) is 15.0 Å². The minimum atomic E-state index is 0.152. The summed E-state index contributed by atoms with van der Waals surface area (Å²) in [6.07, 6.45) is 1.21. The van der Waals surface area contributed by atoms with E-state index in [1.165, 1.54) is 6.42 Å². The number of rotatable bonds is 3. The molecule has 2 rings (SSSR count). The first kappa shape index (κ1) is 10.1. The number of nitrogens with zero attached hydrogens (tertiary/aromatic N) is 3. The summed E-state index contributed by atoms with van der Waals surface area (Å²) < 4.78 is 2.54. The van der Waals surface area contributed by atoms with Gasteiger partial charge in [-0.15, -0.1) is 5.10 Å². The smallest absolute Gasteiger partial charge is 0.153 e. The Morgan fingerprint density at radius 1 is 1.71 bits per heavy atom. The fourth-order valence-corrected chi connectivity index (χ4v) is 2.46. The van der Waals surface area contributed by atoms with Gasteiger partial charge in [-0.1, -0.05) is 12.1 Å². The van der Waals surface area contributed by atoms with Crippen LogP contribution in [0.15, 0.2) is 4.60 Å². The number of nitrogens with two attached hydrogens (primary N) is 1. The van der Waals surface area contributed by atoms with Gasteiger partial charge in [0.05, 0.1) is 11.7 Å². The lowest BCUT2D eigenvalue weighted by molar-refractivity contribution is 0.443. The first-order chi connectivity index (χ1) is 6.65. The molecule has 1 aromatic rings. The Balaban J connectivity index is 2.27. The van der Waals surface area contributed by atoms with Gasteiger partial charge in [0, 0.05) is 7.05 Å². The molecule has 0 aromatic carbocycles. The Kier molecular flexibility index (Phi) is 2.59. The van der Waals surface area contributed by atoms with E-state index in [4.69, 9.17) is 5.84 Å². The topological polar surface area (TPSA) is 68.8 Å². The number of aromatic nitrogens is 3. The van der Waals surface area contributed by atoms with Crippen molar-refractivity contribution >= 4 is 15.9 Å². The van der Waals surface area contributed by atoms with Crippen molar-refractivity contribution in [2.45, 2.75) is 19.4 Å². The van der Waals surface area contributed by atoms with Crippen molar-refractivity contribution in [1.82, 2.24) is 20.4 Å². The summed E-state index contributed by atoms with van der Waals surface area (Å²) in [6, 6.07) is 0.152. The van der Waals surface area contributed by atoms with Crippen molar-refractivity contribution in [3.05, 3.63) is 10.3 Å². The van der Waals surface area contributed by atoms with Crippen molar-refractivity contribution in [2.24, 2.45) is 24.7 Å². The molecule has 6 heteroatoms. The van der Waals surface area contributed by atoms with Gasteiger partial charge in [-0.25, -0.2) is 4.68 Å². The number of halogens is 1. The van der Waals surface area contributed by atoms with Gasteiger partial charge in [0.25, 0.3) is 0 Å². The van der Waals surface area contributed by atoms with Crippen LogP contribution >= 0.6 is 15.9 Å². The van der Waals surface area contributed by atoms with Crippen molar-refractivity contribution in [3.63, 3.8) is 0 Å². The molecule has 0 spiro atoms. The van der Waals surface area contributed by atoms with E-state index in [0.717, 1.165) is 16.2 Å². The largest absolute Gasteiger partial charge is 0.271 e. The Morgan fingerprint density at radius 2 is 2.36 bits per heavy atom. The summed E-state index contributed by atoms with van der Waals surface area (Å²) in [7, 11) is 1.88. The highest BCUT2D eigenvalue weighted by Crippen LogP contribution is 2.47. The van der Waals surface area contributed by atoms with Crippen LogP contribution in [0.3, 0.4) is 0 Å². The molecular formula is C8H14BrN5. The van der Waals surface area contributed by atoms with E-state index in [9.17, 15) is 0 Å². The minimum absolute atomic E-state index is 0.152. The molecule has 3 N–H and O–H groups in total. The molecule has 0 amide bonds. The zero-order valence-electron chi connectivity index (χ0n) is 8.24. The van der Waals surface area contributed by atoms with Crippen molar-refractivity contribution < 1.29 is 0 Å². The second-order valence-corrected chi connectivity index (χ2v) is 4.66. The Morgan fingerprint density at radius 3 is 2.71 bits per heavy atom. The molecule has 5 nitrogen and oxygen atoms in total. The molecule has 0 saturated heterocycles. The monoisotopic (exact) mass is 259 g/mol. The summed E-state index contributed by atoms with van der Waals surface area (Å²) >= 11 is 3.38. The SMILES string of the molecule is CC1CC1C(NN)c1c(Br)nnn1C. The van der Waals surface area contributed by atoms with Gasteiger partial charge in [-0.2, -0.15) is 0 Å². The van der Waals surface area contributed by atoms with Crippen LogP contribution in [-0.2, 0) is 7.05 Å². The van der Waals surface area contributed by atoms with Gasteiger partial charge in [0.15, 0.2) is 4.60 Å². The van der Waals surface area contributed by atoms with Gasteiger partial charge in [0.1, 0.15) is 0 Å². The van der Waals surface area contributed by atoms with E-state index in [0.29, 0.717) is 5.92 Å². The maximum Gasteiger partial charge on any atom is 0.153 e. The first-order valence-corrected chi connectivity index (χ1v) is 5.45. The molecule has 1 aliphatic rings. The minimum Gasteiger partial charge on any atom is -0.271 e. The lowest BCUT2D eigenvalue weighted by Gasteiger charge is -2.15. The number of hydrogen-bond donors (Lipinski definition) is 2. The van der Waals surface area contributed by atoms with E-state index in [2.05, 4.69) is 38.6 Å². The third-order valence-electron chi connectivity index (χ3n) is 2.90. The summed E-state index contributed by atoms with van der Waals surface area (Å²) in [4.78, 5) is 0. The van der Waals surface area contributed by atoms with Gasteiger partial charge >= 0.3 is 0 Å². The second kappa shape index (κ2) is 3.60. The predicted molar refractivity (Wildman–Crippen MR) is 56.0 cm³/mol. The standard InChI is InChI=1S/C8H14BrN5/c1-4-3-5(4)6(11-10)7-8(9)12-13-14(7)2/h4-6,11H,3,10H2,1-2H3. The molecule has 78 valence electrons. The summed E-state index contributed by atoms with van der Waals surface area (Å²) in [5.74, 6) is 6.90. The van der Waals surface area contributed by atoms with Gasteiger partial charge < -0.3 is 0 Å². The fourth-order valence-electron chi connectivity index (χ4n) is 1.89. The van der Waals surface area contributed by atoms with Crippen molar-refractivity contribution in [1.29, 1.82) is 0 Å². The molecule has 0 radical (unpaired) electrons. The highest BCUT2D eigenvalue weighted by molar-refractivity contribution is 9.10. The molecule has 1 heterocycles. The molecule has 1 aromatic heterocycles. The van der Waals surface area contributed by atoms with Gasteiger partial charge in [0.2, 0.25) is 0 Å². The van der Waals surface area contributed by atoms with Crippen molar-refractivity contribution in [3.8, 4) is 0 Å². The van der Waals surface area contributed by atoms with Crippen LogP contribution in [0.4, 0.5) is 0 Å². The van der Waals surface area contributed by atoms with Crippen LogP contribution < -0.4 is 11.3 Å². The average Bonchev–Trinajstić information content (AvgIpc) is 2.78. The van der Waals surface area contributed by atoms with E-state index < -0.39 is 0 Å². The molecule has 3 unspecified atom stereocenters. The fraction of sp³-hybridized carbons (Fsp3) is 0.750. The lowest BCUT2D eigenvalue weighted by Crippen LogP contribution is -2.31. The highest BCUT2D eigenvalue weighted by Gasteiger charge is 2.42. The first-order valence-electron chi connectivity index (χ1n) is 4.66. The average molecular weight is 260 g/mol. The number of nitrogens with one attached hydrogen (secondary N) is 1. The van der Waals surface area contributed by atoms with E-state index in [-0.39, 0.29) is 6.04 Å². The van der Waals surface area contributed by atoms with Crippen molar-refractivity contribution in [2.75, 3.05) is 0 Å². The molecule has 0 bridgehead atoms. The third-order valence-corrected chi connectivity index (χ3v) is 3.47. The quantitative estimate of drug-likeness (QED) is 0.621. The molecule has 1 aliphatic carbocycles. The summed E-state index contributed by atoms with van der Waals surface area (Å²) in [6.45, 7) is 2.23. The zero-order valence-corrected chi connectivity index (χ0v) is 9.82. The number of hydrazine groups is 1. The lowest BCUT2D eigenvalue weighted by atomic mass is 10.1. The molecule has 1 fully saturated rings. The molecule has 1 saturated carbocycles. The second-order valence-electron chi connectivity index (χ2n) is 3.91. The Bertz CT molecular complexity index is 317. The predicted octanol–water partition coefficient (Wildman–Crippen LogP) is 0.738. The van der Waals surface area contributed by atoms with Crippen LogP contribution in [0, 0.1) is 11.8 Å². The molecule has 0 aliphatic heterocycles. The molecular weight excluding hydrogens is 246 g/mol. The highest BCUT2D eigenvalue weighted by atomic mass is 79.9. The normalized spacial score (nSPS) is 27.7. The van der Waals surface area contributed by atoms with E-state index >= 15 is 0 Å². The number of hydrogen-bond acceptors (Lipinski definition) is 4. The maximum absolute atomic E-state index is 5.57. The van der Waals surface area contributed by atoms with Gasteiger partial charge in [-0.3, -0.25) is 11.3 Å². The maximum atomic E-state index is 5.57. The van der Waals surface area contributed by atoms with Crippen LogP contribution in [0.1, 0.15) is 25.1 Å². The molecule has 3 atom stereocenters. The van der Waals surface area contributed by atoms with E-state index in [1.54, 1.807) is 4.68 Å². The van der Waals surface area contributed by atoms with Crippen LogP contribution in [0.25, 0.3) is 0 Å². The molecule has 14 heavy (non-hydrogen) atoms.